The van der Waals surface area contributed by atoms with Crippen LogP contribution in [0.2, 0.25) is 0 Å². The second-order valence-electron chi connectivity index (χ2n) is 6.89. The molecule has 1 amide bonds. The molecule has 1 aliphatic heterocycles. The minimum atomic E-state index is -0.529. The van der Waals surface area contributed by atoms with Crippen molar-refractivity contribution in [3.05, 3.63) is 45.8 Å². The lowest BCUT2D eigenvalue weighted by Crippen LogP contribution is -2.37. The molecular weight excluding hydrogens is 376 g/mol. The number of carbonyl (C=O) groups excluding carboxylic acids is 3. The van der Waals surface area contributed by atoms with Crippen molar-refractivity contribution < 1.29 is 19.1 Å². The second-order valence-corrected chi connectivity index (χ2v) is 7.92. The number of nitrogens with one attached hydrogen (secondary N) is 1. The number of ketones is 1. The van der Waals surface area contributed by atoms with Gasteiger partial charge in [-0.1, -0.05) is 18.2 Å². The van der Waals surface area contributed by atoms with Crippen LogP contribution < -0.4 is 10.2 Å². The monoisotopic (exact) mass is 400 g/mol. The summed E-state index contributed by atoms with van der Waals surface area (Å²) in [6.07, 6.45) is 0.893. The number of hydrogen-bond acceptors (Lipinski definition) is 6. The molecule has 0 aliphatic carbocycles. The Morgan fingerprint density at radius 3 is 2.68 bits per heavy atom. The lowest BCUT2D eigenvalue weighted by molar-refractivity contribution is -0.115. The van der Waals surface area contributed by atoms with Gasteiger partial charge in [0.2, 0.25) is 5.91 Å². The van der Waals surface area contributed by atoms with E-state index in [0.717, 1.165) is 23.4 Å². The topological polar surface area (TPSA) is 75.7 Å². The van der Waals surface area contributed by atoms with Crippen LogP contribution in [-0.2, 0) is 16.0 Å². The third kappa shape index (κ3) is 3.80. The van der Waals surface area contributed by atoms with Crippen molar-refractivity contribution in [3.8, 4) is 0 Å². The van der Waals surface area contributed by atoms with Crippen LogP contribution >= 0.6 is 11.3 Å². The van der Waals surface area contributed by atoms with Crippen molar-refractivity contribution in [2.24, 2.45) is 0 Å². The molecule has 28 heavy (non-hydrogen) atoms. The third-order valence-electron chi connectivity index (χ3n) is 4.86. The lowest BCUT2D eigenvalue weighted by Gasteiger charge is -2.24. The van der Waals surface area contributed by atoms with E-state index in [1.54, 1.807) is 13.8 Å². The van der Waals surface area contributed by atoms with Crippen molar-refractivity contribution in [1.29, 1.82) is 0 Å². The van der Waals surface area contributed by atoms with Gasteiger partial charge in [0.1, 0.15) is 5.00 Å². The zero-order valence-corrected chi connectivity index (χ0v) is 17.3. The fourth-order valence-corrected chi connectivity index (χ4v) is 4.68. The van der Waals surface area contributed by atoms with Crippen LogP contribution in [0.5, 0.6) is 0 Å². The quantitative estimate of drug-likeness (QED) is 0.589. The average Bonchev–Trinajstić information content (AvgIpc) is 3.12. The van der Waals surface area contributed by atoms with E-state index in [-0.39, 0.29) is 36.4 Å². The molecule has 148 valence electrons. The molecule has 7 heteroatoms. The number of rotatable bonds is 6. The highest BCUT2D eigenvalue weighted by atomic mass is 32.1. The number of amides is 1. The van der Waals surface area contributed by atoms with Gasteiger partial charge in [0.15, 0.2) is 5.78 Å². The molecule has 0 fully saturated rings. The SMILES string of the molecule is CCOC(=O)c1c(NC(=O)CN2c3ccccc3C[C@@H]2C)sc(C(C)=O)c1C. The molecule has 0 saturated heterocycles. The lowest BCUT2D eigenvalue weighted by atomic mass is 10.1. The summed E-state index contributed by atoms with van der Waals surface area (Å²) in [4.78, 5) is 39.5. The Hall–Kier alpha value is -2.67. The molecule has 0 bridgehead atoms. The minimum absolute atomic E-state index is 0.143. The molecule has 2 aromatic rings. The summed E-state index contributed by atoms with van der Waals surface area (Å²) in [5.41, 5.74) is 3.09. The van der Waals surface area contributed by atoms with E-state index in [0.29, 0.717) is 15.4 Å². The zero-order valence-electron chi connectivity index (χ0n) is 16.5. The molecule has 0 spiro atoms. The number of carbonyl (C=O) groups is 3. The van der Waals surface area contributed by atoms with Gasteiger partial charge in [-0.25, -0.2) is 4.79 Å². The van der Waals surface area contributed by atoms with E-state index in [1.807, 2.05) is 18.2 Å². The molecule has 1 aromatic heterocycles. The molecule has 1 N–H and O–H groups in total. The smallest absolute Gasteiger partial charge is 0.341 e. The number of esters is 1. The standard InChI is InChI=1S/C21H24N2O4S/c1-5-27-21(26)18-13(3)19(14(4)24)28-20(18)22-17(25)11-23-12(2)10-15-8-6-7-9-16(15)23/h6-9,12H,5,10-11H2,1-4H3,(H,22,25)/t12-/m0/s1. The Morgan fingerprint density at radius 1 is 1.29 bits per heavy atom. The summed E-state index contributed by atoms with van der Waals surface area (Å²) in [5, 5.41) is 3.20. The van der Waals surface area contributed by atoms with E-state index in [4.69, 9.17) is 4.74 Å². The van der Waals surface area contributed by atoms with Gasteiger partial charge in [0, 0.05) is 11.7 Å². The fraction of sp³-hybridized carbons (Fsp3) is 0.381. The van der Waals surface area contributed by atoms with E-state index in [9.17, 15) is 14.4 Å². The highest BCUT2D eigenvalue weighted by molar-refractivity contribution is 7.18. The number of thiophene rings is 1. The second kappa shape index (κ2) is 8.14. The first-order valence-electron chi connectivity index (χ1n) is 9.29. The van der Waals surface area contributed by atoms with Gasteiger partial charge in [0.25, 0.3) is 0 Å². The average molecular weight is 401 g/mol. The number of benzene rings is 1. The summed E-state index contributed by atoms with van der Waals surface area (Å²) in [7, 11) is 0. The van der Waals surface area contributed by atoms with Gasteiger partial charge >= 0.3 is 5.97 Å². The predicted molar refractivity (Wildman–Crippen MR) is 111 cm³/mol. The first kappa shape index (κ1) is 20.1. The molecule has 6 nitrogen and oxygen atoms in total. The van der Waals surface area contributed by atoms with E-state index < -0.39 is 5.97 Å². The number of ether oxygens (including phenoxy) is 1. The van der Waals surface area contributed by atoms with Crippen LogP contribution in [0.3, 0.4) is 0 Å². The Bertz CT molecular complexity index is 934. The molecule has 0 radical (unpaired) electrons. The molecule has 3 rings (SSSR count). The van der Waals surface area contributed by atoms with Gasteiger partial charge in [0.05, 0.1) is 23.6 Å². The Balaban J connectivity index is 1.83. The highest BCUT2D eigenvalue weighted by Crippen LogP contribution is 2.35. The van der Waals surface area contributed by atoms with E-state index in [1.165, 1.54) is 12.5 Å². The maximum atomic E-state index is 12.8. The molecule has 2 heterocycles. The molecule has 0 unspecified atom stereocenters. The molecule has 0 saturated carbocycles. The number of anilines is 2. The number of nitrogens with zero attached hydrogens (tertiary/aromatic N) is 1. The maximum Gasteiger partial charge on any atom is 0.341 e. The highest BCUT2D eigenvalue weighted by Gasteiger charge is 2.29. The van der Waals surface area contributed by atoms with Crippen molar-refractivity contribution in [2.45, 2.75) is 40.2 Å². The van der Waals surface area contributed by atoms with Crippen molar-refractivity contribution >= 4 is 39.7 Å². The number of hydrogen-bond donors (Lipinski definition) is 1. The van der Waals surface area contributed by atoms with Gasteiger partial charge in [-0.05, 0) is 51.3 Å². The van der Waals surface area contributed by atoms with Crippen molar-refractivity contribution in [1.82, 2.24) is 0 Å². The predicted octanol–water partition coefficient (Wildman–Crippen LogP) is 3.83. The van der Waals surface area contributed by atoms with Crippen LogP contribution in [0.15, 0.2) is 24.3 Å². The number of para-hydroxylation sites is 1. The Labute approximate surface area is 168 Å². The summed E-state index contributed by atoms with van der Waals surface area (Å²) in [6, 6.07) is 8.26. The van der Waals surface area contributed by atoms with E-state index in [2.05, 4.69) is 23.2 Å². The summed E-state index contributed by atoms with van der Waals surface area (Å²) in [6.45, 7) is 7.35. The van der Waals surface area contributed by atoms with Crippen LogP contribution in [0, 0.1) is 6.92 Å². The fourth-order valence-electron chi connectivity index (χ4n) is 3.58. The molecule has 1 aliphatic rings. The summed E-state index contributed by atoms with van der Waals surface area (Å²) < 4.78 is 5.12. The van der Waals surface area contributed by atoms with Gasteiger partial charge in [-0.15, -0.1) is 11.3 Å². The first-order chi connectivity index (χ1) is 13.3. The maximum absolute atomic E-state index is 12.8. The third-order valence-corrected chi connectivity index (χ3v) is 6.17. The Morgan fingerprint density at radius 2 is 2.00 bits per heavy atom. The first-order valence-corrected chi connectivity index (χ1v) is 10.1. The number of Topliss-reactive ketones (excluding diaryl/α,β-unsaturated/α-hetero) is 1. The van der Waals surface area contributed by atoms with Gasteiger partial charge in [-0.2, -0.15) is 0 Å². The Kier molecular flexibility index (Phi) is 5.84. The van der Waals surface area contributed by atoms with E-state index >= 15 is 0 Å². The number of fused-ring (bicyclic) bond motifs is 1. The van der Waals surface area contributed by atoms with Crippen LogP contribution in [0.25, 0.3) is 0 Å². The zero-order chi connectivity index (χ0) is 20.4. The largest absolute Gasteiger partial charge is 0.462 e. The molecular formula is C21H24N2O4S. The van der Waals surface area contributed by atoms with Crippen LogP contribution in [0.4, 0.5) is 10.7 Å². The molecule has 1 aromatic carbocycles. The minimum Gasteiger partial charge on any atom is -0.462 e. The summed E-state index contributed by atoms with van der Waals surface area (Å²) in [5.74, 6) is -0.903. The van der Waals surface area contributed by atoms with Crippen molar-refractivity contribution in [2.75, 3.05) is 23.4 Å². The van der Waals surface area contributed by atoms with Crippen LogP contribution in [-0.4, -0.2) is 36.9 Å². The van der Waals surface area contributed by atoms with Gasteiger partial charge in [-0.3, -0.25) is 9.59 Å². The van der Waals surface area contributed by atoms with Crippen molar-refractivity contribution in [3.63, 3.8) is 0 Å². The van der Waals surface area contributed by atoms with Gasteiger partial charge < -0.3 is 15.0 Å². The normalized spacial score (nSPS) is 15.3. The molecule has 1 atom stereocenters. The van der Waals surface area contributed by atoms with Crippen LogP contribution in [0.1, 0.15) is 51.9 Å². The summed E-state index contributed by atoms with van der Waals surface area (Å²) >= 11 is 1.12.